The van der Waals surface area contributed by atoms with E-state index >= 15 is 0 Å². The second-order valence-corrected chi connectivity index (χ2v) is 7.26. The van der Waals surface area contributed by atoms with E-state index in [1.54, 1.807) is 25.1 Å². The number of nitrogens with two attached hydrogens (primary N) is 1. The number of anilines is 1. The molecule has 110 valence electrons. The van der Waals surface area contributed by atoms with Crippen molar-refractivity contribution in [3.8, 4) is 0 Å². The third kappa shape index (κ3) is 3.58. The molecule has 1 heterocycles. The van der Waals surface area contributed by atoms with Gasteiger partial charge in [0, 0.05) is 11.8 Å². The number of rotatable bonds is 4. The minimum absolute atomic E-state index is 0.123. The Hall–Kier alpha value is -1.51. The molecule has 0 amide bonds. The minimum atomic E-state index is -3.73. The Morgan fingerprint density at radius 2 is 2.10 bits per heavy atom. The Morgan fingerprint density at radius 3 is 2.67 bits per heavy atom. The fourth-order valence-corrected chi connectivity index (χ4v) is 3.56. The monoisotopic (exact) mass is 385 g/mol. The summed E-state index contributed by atoms with van der Waals surface area (Å²) in [4.78, 5) is 4.34. The maximum Gasteiger partial charge on any atom is 0.263 e. The number of pyridine rings is 1. The van der Waals surface area contributed by atoms with E-state index in [0.29, 0.717) is 15.6 Å². The summed E-state index contributed by atoms with van der Waals surface area (Å²) in [6.45, 7) is 1.75. The van der Waals surface area contributed by atoms with Gasteiger partial charge in [-0.1, -0.05) is 18.3 Å². The van der Waals surface area contributed by atoms with Crippen molar-refractivity contribution in [2.45, 2.75) is 11.8 Å². The van der Waals surface area contributed by atoms with Crippen molar-refractivity contribution in [2.75, 3.05) is 4.72 Å². The average Bonchev–Trinajstić information content (AvgIpc) is 2.40. The summed E-state index contributed by atoms with van der Waals surface area (Å²) < 4.78 is 27.7. The first-order chi connectivity index (χ1) is 9.81. The third-order valence-corrected chi connectivity index (χ3v) is 4.96. The van der Waals surface area contributed by atoms with Gasteiger partial charge in [0.15, 0.2) is 5.82 Å². The van der Waals surface area contributed by atoms with Crippen LogP contribution in [0.3, 0.4) is 0 Å². The Balaban J connectivity index is 2.39. The SMILES string of the molecule is Cc1cc(S(=O)(=O)Nc2ncccc2Br)ccc1C(N)=S. The van der Waals surface area contributed by atoms with Crippen LogP contribution in [0.25, 0.3) is 0 Å². The highest BCUT2D eigenvalue weighted by Gasteiger charge is 2.17. The van der Waals surface area contributed by atoms with Gasteiger partial charge in [0.05, 0.1) is 9.37 Å². The number of halogens is 1. The highest BCUT2D eigenvalue weighted by Crippen LogP contribution is 2.23. The maximum absolute atomic E-state index is 12.4. The molecule has 0 aliphatic carbocycles. The van der Waals surface area contributed by atoms with E-state index in [1.165, 1.54) is 18.3 Å². The highest BCUT2D eigenvalue weighted by atomic mass is 79.9. The number of thiocarbonyl (C=S) groups is 1. The second-order valence-electron chi connectivity index (χ2n) is 4.28. The third-order valence-electron chi connectivity index (χ3n) is 2.76. The van der Waals surface area contributed by atoms with Gasteiger partial charge in [-0.15, -0.1) is 0 Å². The van der Waals surface area contributed by atoms with Gasteiger partial charge in [-0.25, -0.2) is 13.4 Å². The average molecular weight is 386 g/mol. The van der Waals surface area contributed by atoms with E-state index < -0.39 is 10.0 Å². The first-order valence-corrected chi connectivity index (χ1v) is 8.53. The Labute approximate surface area is 136 Å². The molecule has 0 fully saturated rings. The van der Waals surface area contributed by atoms with Crippen LogP contribution in [0.4, 0.5) is 5.82 Å². The predicted octanol–water partition coefficient (Wildman–Crippen LogP) is 2.59. The first kappa shape index (κ1) is 15.9. The predicted molar refractivity (Wildman–Crippen MR) is 89.8 cm³/mol. The van der Waals surface area contributed by atoms with Gasteiger partial charge in [0.1, 0.15) is 4.99 Å². The number of hydrogen-bond acceptors (Lipinski definition) is 4. The molecule has 0 saturated heterocycles. The zero-order valence-electron chi connectivity index (χ0n) is 11.0. The summed E-state index contributed by atoms with van der Waals surface area (Å²) in [5.41, 5.74) is 6.92. The lowest BCUT2D eigenvalue weighted by atomic mass is 10.1. The van der Waals surface area contributed by atoms with E-state index in [4.69, 9.17) is 18.0 Å². The Bertz CT molecular complexity index is 807. The fourth-order valence-electron chi connectivity index (χ4n) is 1.73. The van der Waals surface area contributed by atoms with Gasteiger partial charge in [0.25, 0.3) is 10.0 Å². The molecule has 2 rings (SSSR count). The van der Waals surface area contributed by atoms with E-state index in [-0.39, 0.29) is 15.7 Å². The molecule has 0 saturated carbocycles. The molecule has 5 nitrogen and oxygen atoms in total. The van der Waals surface area contributed by atoms with Crippen molar-refractivity contribution >= 4 is 49.0 Å². The topological polar surface area (TPSA) is 85.1 Å². The van der Waals surface area contributed by atoms with Gasteiger partial charge >= 0.3 is 0 Å². The molecular formula is C13H12BrN3O2S2. The summed E-state index contributed by atoms with van der Waals surface area (Å²) in [7, 11) is -3.73. The van der Waals surface area contributed by atoms with Crippen LogP contribution in [0, 0.1) is 6.92 Å². The molecule has 0 spiro atoms. The van der Waals surface area contributed by atoms with Crippen LogP contribution in [0.2, 0.25) is 0 Å². The van der Waals surface area contributed by atoms with Crippen LogP contribution in [0.15, 0.2) is 45.9 Å². The van der Waals surface area contributed by atoms with E-state index in [9.17, 15) is 8.42 Å². The molecule has 0 aliphatic rings. The summed E-state index contributed by atoms with van der Waals surface area (Å²) in [5.74, 6) is 0.230. The van der Waals surface area contributed by atoms with E-state index in [1.807, 2.05) is 0 Å². The number of nitrogens with zero attached hydrogens (tertiary/aromatic N) is 1. The molecule has 2 aromatic rings. The maximum atomic E-state index is 12.4. The zero-order valence-corrected chi connectivity index (χ0v) is 14.2. The summed E-state index contributed by atoms with van der Waals surface area (Å²) in [6.07, 6.45) is 1.50. The van der Waals surface area contributed by atoms with Crippen LogP contribution in [-0.4, -0.2) is 18.4 Å². The summed E-state index contributed by atoms with van der Waals surface area (Å²) in [6, 6.07) is 7.98. The molecule has 3 N–H and O–H groups in total. The molecule has 0 bridgehead atoms. The molecule has 0 aliphatic heterocycles. The number of aromatic nitrogens is 1. The van der Waals surface area contributed by atoms with Gasteiger partial charge in [0.2, 0.25) is 0 Å². The number of benzene rings is 1. The van der Waals surface area contributed by atoms with Gasteiger partial charge in [-0.3, -0.25) is 4.72 Å². The van der Waals surface area contributed by atoms with E-state index in [0.717, 1.165) is 0 Å². The largest absolute Gasteiger partial charge is 0.389 e. The van der Waals surface area contributed by atoms with Gasteiger partial charge in [-0.05, 0) is 52.7 Å². The lowest BCUT2D eigenvalue weighted by molar-refractivity contribution is 0.601. The Morgan fingerprint density at radius 1 is 1.38 bits per heavy atom. The molecule has 0 radical (unpaired) electrons. The second kappa shape index (κ2) is 6.08. The molecule has 1 aromatic carbocycles. The van der Waals surface area contributed by atoms with Crippen molar-refractivity contribution < 1.29 is 8.42 Å². The van der Waals surface area contributed by atoms with Crippen molar-refractivity contribution in [3.05, 3.63) is 52.1 Å². The van der Waals surface area contributed by atoms with Crippen molar-refractivity contribution in [2.24, 2.45) is 5.73 Å². The minimum Gasteiger partial charge on any atom is -0.389 e. The van der Waals surface area contributed by atoms with Crippen molar-refractivity contribution in [1.82, 2.24) is 4.98 Å². The van der Waals surface area contributed by atoms with Gasteiger partial charge in [-0.2, -0.15) is 0 Å². The van der Waals surface area contributed by atoms with Crippen molar-refractivity contribution in [1.29, 1.82) is 0 Å². The van der Waals surface area contributed by atoms with Gasteiger partial charge < -0.3 is 5.73 Å². The standard InChI is InChI=1S/C13H12BrN3O2S2/c1-8-7-9(4-5-10(8)12(15)20)21(18,19)17-13-11(14)3-2-6-16-13/h2-7H,1H3,(H2,15,20)(H,16,17). The van der Waals surface area contributed by atoms with Crippen LogP contribution < -0.4 is 10.5 Å². The molecule has 8 heteroatoms. The molecular weight excluding hydrogens is 374 g/mol. The lowest BCUT2D eigenvalue weighted by Gasteiger charge is -2.10. The van der Waals surface area contributed by atoms with Crippen molar-refractivity contribution in [3.63, 3.8) is 0 Å². The highest BCUT2D eigenvalue weighted by molar-refractivity contribution is 9.10. The summed E-state index contributed by atoms with van der Waals surface area (Å²) >= 11 is 8.15. The summed E-state index contributed by atoms with van der Waals surface area (Å²) in [5, 5.41) is 0. The lowest BCUT2D eigenvalue weighted by Crippen LogP contribution is -2.16. The zero-order chi connectivity index (χ0) is 15.6. The normalized spacial score (nSPS) is 11.1. The smallest absolute Gasteiger partial charge is 0.263 e. The molecule has 0 unspecified atom stereocenters. The molecule has 0 atom stereocenters. The molecule has 21 heavy (non-hydrogen) atoms. The number of sulfonamides is 1. The number of nitrogens with one attached hydrogen (secondary N) is 1. The fraction of sp³-hybridized carbons (Fsp3) is 0.0769. The van der Waals surface area contributed by atoms with Crippen LogP contribution in [-0.2, 0) is 10.0 Å². The van der Waals surface area contributed by atoms with Crippen LogP contribution >= 0.6 is 28.1 Å². The van der Waals surface area contributed by atoms with Crippen LogP contribution in [0.5, 0.6) is 0 Å². The molecule has 1 aromatic heterocycles. The number of aryl methyl sites for hydroxylation is 1. The van der Waals surface area contributed by atoms with Crippen LogP contribution in [0.1, 0.15) is 11.1 Å². The first-order valence-electron chi connectivity index (χ1n) is 5.85. The quantitative estimate of drug-likeness (QED) is 0.789. The van der Waals surface area contributed by atoms with E-state index in [2.05, 4.69) is 25.6 Å². The Kier molecular flexibility index (Phi) is 4.60. The number of hydrogen-bond donors (Lipinski definition) is 2.